The molecule has 0 amide bonds. The van der Waals surface area contributed by atoms with E-state index in [0.29, 0.717) is 5.41 Å². The summed E-state index contributed by atoms with van der Waals surface area (Å²) in [6.07, 6.45) is 26.2. The fraction of sp³-hybridized carbons (Fsp3) is 0.474. The van der Waals surface area contributed by atoms with Gasteiger partial charge in [0.15, 0.2) is 0 Å². The average molecular weight is 693 g/mol. The Balaban J connectivity index is 0.00000176. The van der Waals surface area contributed by atoms with Crippen LogP contribution in [0.2, 0.25) is 3.63 Å². The van der Waals surface area contributed by atoms with Crippen molar-refractivity contribution < 1.29 is 45.2 Å². The van der Waals surface area contributed by atoms with Crippen LogP contribution in [-0.2, 0) is 20.4 Å². The first-order chi connectivity index (χ1) is 19.4. The minimum Gasteiger partial charge on any atom is -1.00 e. The van der Waals surface area contributed by atoms with Gasteiger partial charge in [-0.25, -0.2) is 0 Å². The molecule has 0 radical (unpaired) electrons. The maximum absolute atomic E-state index is 2.85. The molecule has 0 N–H and O–H groups in total. The summed E-state index contributed by atoms with van der Waals surface area (Å²) in [5.41, 5.74) is -0.135. The summed E-state index contributed by atoms with van der Waals surface area (Å²) in [5, 5.41) is 3.35. The summed E-state index contributed by atoms with van der Waals surface area (Å²) in [4.78, 5) is 0. The quantitative estimate of drug-likeness (QED) is 0.433. The molecule has 8 unspecified atom stereocenters. The smallest absolute Gasteiger partial charge is 1.00 e. The summed E-state index contributed by atoms with van der Waals surface area (Å²) in [6, 6.07) is 23.8. The van der Waals surface area contributed by atoms with E-state index >= 15 is 0 Å². The van der Waals surface area contributed by atoms with Crippen LogP contribution >= 0.6 is 0 Å². The van der Waals surface area contributed by atoms with Crippen LogP contribution in [0.1, 0.15) is 66.2 Å². The Kier molecular flexibility index (Phi) is 9.64. The third-order valence-electron chi connectivity index (χ3n) is 12.9. The first-order valence-electron chi connectivity index (χ1n) is 16.0. The molecule has 0 aliphatic heterocycles. The topological polar surface area (TPSA) is 0 Å². The molecule has 0 spiro atoms. The van der Waals surface area contributed by atoms with E-state index in [4.69, 9.17) is 0 Å². The van der Waals surface area contributed by atoms with E-state index in [1.165, 1.54) is 38.5 Å². The SMILES string of the molecule is CC1CC2C3CCCCC3[CH]([Zr+2]([C]3=CC=CC3)=[Si](c3ccccc3)c3ccccc3)C2(C)C2(C)C=CC=CC12C.[Cl-].[Cl-]. The molecule has 0 saturated heterocycles. The van der Waals surface area contributed by atoms with Gasteiger partial charge in [0.25, 0.3) is 0 Å². The molecule has 5 aliphatic rings. The van der Waals surface area contributed by atoms with Crippen molar-refractivity contribution in [3.8, 4) is 0 Å². The van der Waals surface area contributed by atoms with Crippen LogP contribution < -0.4 is 35.2 Å². The molecule has 0 heterocycles. The van der Waals surface area contributed by atoms with E-state index in [2.05, 4.69) is 131 Å². The molecule has 3 fully saturated rings. The standard InChI is InChI=1S/C21H31.C12H10Si.C5H5.2ClH.Zr/c1-15-13-18-17-10-6-5-9-16(17)14-20(18,3)21(4)12-8-7-11-19(15,21)2;1-3-7-11(8-4-1)13-12-9-5-2-6-10-12;1-2-4-5-3-1;;;/h7-8,11-12,14-18H,5-6,9-10,13H2,1-4H3;1-10H;1-3H,4H2;2*1H;/q;;;;;+2/p-2. The largest absolute Gasteiger partial charge is 1.00 e. The van der Waals surface area contributed by atoms with Gasteiger partial charge in [0.2, 0.25) is 0 Å². The van der Waals surface area contributed by atoms with Crippen LogP contribution in [0, 0.1) is 39.9 Å². The van der Waals surface area contributed by atoms with E-state index in [1.807, 2.05) is 3.28 Å². The van der Waals surface area contributed by atoms with Crippen molar-refractivity contribution in [3.05, 3.63) is 106 Å². The zero-order valence-corrected chi connectivity index (χ0v) is 30.7. The van der Waals surface area contributed by atoms with Gasteiger partial charge in [0.05, 0.1) is 0 Å². The Hall–Kier alpha value is -0.920. The van der Waals surface area contributed by atoms with Gasteiger partial charge in [-0.1, -0.05) is 0 Å². The van der Waals surface area contributed by atoms with Crippen LogP contribution in [0.4, 0.5) is 0 Å². The van der Waals surface area contributed by atoms with Crippen LogP contribution in [0.25, 0.3) is 0 Å². The molecule has 0 bridgehead atoms. The molecule has 0 aromatic heterocycles. The Morgan fingerprint density at radius 1 is 0.762 bits per heavy atom. The predicted molar refractivity (Wildman–Crippen MR) is 169 cm³/mol. The molecule has 2 aromatic carbocycles. The molecular formula is C38H46Cl2SiZr. The Labute approximate surface area is 275 Å². The number of hydrogen-bond donors (Lipinski definition) is 0. The van der Waals surface area contributed by atoms with E-state index < -0.39 is 25.8 Å². The fourth-order valence-electron chi connectivity index (χ4n) is 10.6. The van der Waals surface area contributed by atoms with Crippen molar-refractivity contribution in [2.24, 2.45) is 39.9 Å². The van der Waals surface area contributed by atoms with Crippen molar-refractivity contribution in [2.75, 3.05) is 0 Å². The third-order valence-corrected chi connectivity index (χ3v) is 33.9. The van der Waals surface area contributed by atoms with Crippen molar-refractivity contribution in [2.45, 2.75) is 69.8 Å². The van der Waals surface area contributed by atoms with Gasteiger partial charge in [-0.2, -0.15) is 0 Å². The van der Waals surface area contributed by atoms with Crippen molar-refractivity contribution >= 4 is 15.8 Å². The molecule has 0 nitrogen and oxygen atoms in total. The van der Waals surface area contributed by atoms with Crippen molar-refractivity contribution in [1.29, 1.82) is 0 Å². The third kappa shape index (κ3) is 4.68. The normalized spacial score (nSPS) is 37.2. The zero-order valence-electron chi connectivity index (χ0n) is 25.7. The summed E-state index contributed by atoms with van der Waals surface area (Å²) >= 11 is -2.35. The van der Waals surface area contributed by atoms with E-state index in [0.717, 1.165) is 27.3 Å². The molecule has 2 aromatic rings. The van der Waals surface area contributed by atoms with E-state index in [1.54, 1.807) is 10.4 Å². The second kappa shape index (κ2) is 12.5. The number of halogens is 2. The molecule has 3 saturated carbocycles. The molecule has 42 heavy (non-hydrogen) atoms. The summed E-state index contributed by atoms with van der Waals surface area (Å²) in [5.74, 6) is 3.42. The van der Waals surface area contributed by atoms with Crippen LogP contribution in [0.3, 0.4) is 0 Å². The van der Waals surface area contributed by atoms with Crippen LogP contribution in [0.15, 0.2) is 106 Å². The molecule has 8 atom stereocenters. The molecular weight excluding hydrogens is 647 g/mol. The summed E-state index contributed by atoms with van der Waals surface area (Å²) in [7, 11) is 0. The van der Waals surface area contributed by atoms with Gasteiger partial charge in [-0.15, -0.1) is 0 Å². The van der Waals surface area contributed by atoms with Crippen LogP contribution in [0.5, 0.6) is 0 Å². The molecule has 5 aliphatic carbocycles. The molecule has 7 rings (SSSR count). The first-order valence-corrected chi connectivity index (χ1v) is 23.8. The number of allylic oxidation sites excluding steroid dienone is 8. The maximum atomic E-state index is 2.85. The van der Waals surface area contributed by atoms with Gasteiger partial charge in [-0.05, 0) is 0 Å². The summed E-state index contributed by atoms with van der Waals surface area (Å²) < 4.78 is 2.80. The van der Waals surface area contributed by atoms with Gasteiger partial charge in [-0.3, -0.25) is 0 Å². The Bertz CT molecular complexity index is 1400. The van der Waals surface area contributed by atoms with Gasteiger partial charge >= 0.3 is 252 Å². The second-order valence-corrected chi connectivity index (χ2v) is 28.1. The van der Waals surface area contributed by atoms with Crippen molar-refractivity contribution in [3.63, 3.8) is 0 Å². The zero-order chi connectivity index (χ0) is 27.5. The van der Waals surface area contributed by atoms with Gasteiger partial charge < -0.3 is 24.8 Å². The number of benzene rings is 2. The average Bonchev–Trinajstić information content (AvgIpc) is 3.60. The maximum Gasteiger partial charge on any atom is -1.00 e. The van der Waals surface area contributed by atoms with E-state index in [9.17, 15) is 0 Å². The molecule has 220 valence electrons. The van der Waals surface area contributed by atoms with Crippen LogP contribution in [-0.4, -0.2) is 5.43 Å². The Morgan fingerprint density at radius 2 is 1.36 bits per heavy atom. The van der Waals surface area contributed by atoms with E-state index in [-0.39, 0.29) is 35.6 Å². The minimum atomic E-state index is -2.35. The van der Waals surface area contributed by atoms with Gasteiger partial charge in [0.1, 0.15) is 0 Å². The van der Waals surface area contributed by atoms with Crippen molar-refractivity contribution in [1.82, 2.24) is 0 Å². The van der Waals surface area contributed by atoms with Gasteiger partial charge in [0, 0.05) is 0 Å². The second-order valence-electron chi connectivity index (χ2n) is 14.2. The number of rotatable bonds is 4. The fourth-order valence-corrected chi connectivity index (χ4v) is 36.4. The predicted octanol–water partition coefficient (Wildman–Crippen LogP) is 2.67. The first kappa shape index (κ1) is 32.5. The molecule has 4 heteroatoms. The monoisotopic (exact) mass is 690 g/mol. The number of fused-ring (bicyclic) bond motifs is 5. The Morgan fingerprint density at radius 3 is 1.95 bits per heavy atom. The number of hydrogen-bond acceptors (Lipinski definition) is 0. The summed E-state index contributed by atoms with van der Waals surface area (Å²) in [6.45, 7) is 10.8. The minimum absolute atomic E-state index is 0.